The van der Waals surface area contributed by atoms with Crippen molar-refractivity contribution in [2.24, 2.45) is 29.6 Å². The second kappa shape index (κ2) is 5.17. The van der Waals surface area contributed by atoms with Crippen molar-refractivity contribution in [1.82, 2.24) is 5.32 Å². The number of ether oxygens (including phenoxy) is 1. The molecule has 3 fully saturated rings. The standard InChI is InChI=1S/C18H24ClNO/c1-3-20-18(12-6-7-14(21-2)13(19)9-12)17-15-10-4-5-11(8-10)16(15)17/h6-7,9-11,15-18,20H,3-5,8H2,1-2H3. The van der Waals surface area contributed by atoms with Crippen LogP contribution in [0.3, 0.4) is 0 Å². The summed E-state index contributed by atoms with van der Waals surface area (Å²) in [5.74, 6) is 5.59. The van der Waals surface area contributed by atoms with Crippen LogP contribution in [-0.4, -0.2) is 13.7 Å². The van der Waals surface area contributed by atoms with Crippen molar-refractivity contribution >= 4 is 11.6 Å². The second-order valence-corrected chi connectivity index (χ2v) is 7.40. The van der Waals surface area contributed by atoms with Gasteiger partial charge in [-0.25, -0.2) is 0 Å². The largest absolute Gasteiger partial charge is 0.495 e. The molecule has 2 bridgehead atoms. The zero-order valence-electron chi connectivity index (χ0n) is 12.8. The number of benzene rings is 1. The average molecular weight is 306 g/mol. The molecule has 2 nitrogen and oxygen atoms in total. The van der Waals surface area contributed by atoms with Gasteiger partial charge in [0, 0.05) is 6.04 Å². The molecule has 3 heteroatoms. The van der Waals surface area contributed by atoms with Crippen molar-refractivity contribution in [2.75, 3.05) is 13.7 Å². The molecule has 114 valence electrons. The Morgan fingerprint density at radius 3 is 2.57 bits per heavy atom. The summed E-state index contributed by atoms with van der Waals surface area (Å²) in [7, 11) is 1.67. The van der Waals surface area contributed by atoms with Gasteiger partial charge in [0.2, 0.25) is 0 Å². The molecule has 5 atom stereocenters. The van der Waals surface area contributed by atoms with Crippen LogP contribution < -0.4 is 10.1 Å². The van der Waals surface area contributed by atoms with Crippen LogP contribution in [0.2, 0.25) is 5.02 Å². The van der Waals surface area contributed by atoms with Crippen LogP contribution in [0.25, 0.3) is 0 Å². The van der Waals surface area contributed by atoms with Gasteiger partial charge in [0.1, 0.15) is 5.75 Å². The highest BCUT2D eigenvalue weighted by molar-refractivity contribution is 6.32. The van der Waals surface area contributed by atoms with Crippen molar-refractivity contribution in [3.8, 4) is 5.75 Å². The summed E-state index contributed by atoms with van der Waals surface area (Å²) in [6.07, 6.45) is 4.46. The van der Waals surface area contributed by atoms with Crippen LogP contribution in [0.15, 0.2) is 18.2 Å². The van der Waals surface area contributed by atoms with Gasteiger partial charge in [0.05, 0.1) is 12.1 Å². The lowest BCUT2D eigenvalue weighted by Crippen LogP contribution is -2.25. The highest BCUT2D eigenvalue weighted by Gasteiger charge is 2.66. The molecule has 5 unspecified atom stereocenters. The van der Waals surface area contributed by atoms with Crippen molar-refractivity contribution in [2.45, 2.75) is 32.2 Å². The van der Waals surface area contributed by atoms with E-state index in [0.717, 1.165) is 46.9 Å². The van der Waals surface area contributed by atoms with Crippen LogP contribution >= 0.6 is 11.6 Å². The molecule has 0 heterocycles. The topological polar surface area (TPSA) is 21.3 Å². The highest BCUT2D eigenvalue weighted by Crippen LogP contribution is 2.72. The molecular weight excluding hydrogens is 282 g/mol. The Morgan fingerprint density at radius 2 is 2.00 bits per heavy atom. The van der Waals surface area contributed by atoms with Crippen LogP contribution in [0, 0.1) is 29.6 Å². The Kier molecular flexibility index (Phi) is 3.42. The predicted octanol–water partition coefficient (Wildman–Crippen LogP) is 4.29. The quantitative estimate of drug-likeness (QED) is 0.876. The zero-order chi connectivity index (χ0) is 14.6. The lowest BCUT2D eigenvalue weighted by molar-refractivity contribution is 0.374. The fourth-order valence-corrected chi connectivity index (χ4v) is 5.68. The van der Waals surface area contributed by atoms with E-state index in [1.54, 1.807) is 7.11 Å². The van der Waals surface area contributed by atoms with E-state index < -0.39 is 0 Å². The molecule has 0 aliphatic heterocycles. The SMILES string of the molecule is CCNC(c1ccc(OC)c(Cl)c1)C1C2C3CCC(C3)C21. The minimum atomic E-state index is 0.469. The van der Waals surface area contributed by atoms with E-state index in [4.69, 9.17) is 16.3 Å². The van der Waals surface area contributed by atoms with Gasteiger partial charge in [-0.3, -0.25) is 0 Å². The molecule has 0 radical (unpaired) electrons. The zero-order valence-corrected chi connectivity index (χ0v) is 13.6. The fraction of sp³-hybridized carbons (Fsp3) is 0.667. The van der Waals surface area contributed by atoms with Crippen molar-refractivity contribution < 1.29 is 4.74 Å². The number of methoxy groups -OCH3 is 1. The summed E-state index contributed by atoms with van der Waals surface area (Å²) >= 11 is 6.34. The van der Waals surface area contributed by atoms with E-state index in [0.29, 0.717) is 6.04 Å². The molecule has 3 aliphatic rings. The number of hydrogen-bond donors (Lipinski definition) is 1. The van der Waals surface area contributed by atoms with E-state index in [-0.39, 0.29) is 0 Å². The van der Waals surface area contributed by atoms with Gasteiger partial charge in [0.15, 0.2) is 0 Å². The van der Waals surface area contributed by atoms with Gasteiger partial charge in [-0.2, -0.15) is 0 Å². The van der Waals surface area contributed by atoms with Gasteiger partial charge in [-0.15, -0.1) is 0 Å². The van der Waals surface area contributed by atoms with Gasteiger partial charge >= 0.3 is 0 Å². The first-order valence-electron chi connectivity index (χ1n) is 8.31. The molecule has 3 saturated carbocycles. The molecule has 1 N–H and O–H groups in total. The van der Waals surface area contributed by atoms with Gasteiger partial charge in [-0.1, -0.05) is 24.6 Å². The molecule has 0 amide bonds. The van der Waals surface area contributed by atoms with Crippen molar-refractivity contribution in [3.63, 3.8) is 0 Å². The number of nitrogens with one attached hydrogen (secondary N) is 1. The Labute approximate surface area is 132 Å². The van der Waals surface area contributed by atoms with Crippen molar-refractivity contribution in [1.29, 1.82) is 0 Å². The Balaban J connectivity index is 1.59. The maximum absolute atomic E-state index is 6.34. The lowest BCUT2D eigenvalue weighted by atomic mass is 9.93. The summed E-state index contributed by atoms with van der Waals surface area (Å²) in [5.41, 5.74) is 1.33. The highest BCUT2D eigenvalue weighted by atomic mass is 35.5. The molecule has 0 saturated heterocycles. The van der Waals surface area contributed by atoms with E-state index in [1.165, 1.54) is 24.8 Å². The summed E-state index contributed by atoms with van der Waals surface area (Å²) in [5, 5.41) is 4.45. The molecule has 1 aromatic carbocycles. The predicted molar refractivity (Wildman–Crippen MR) is 85.7 cm³/mol. The smallest absolute Gasteiger partial charge is 0.137 e. The number of halogens is 1. The van der Waals surface area contributed by atoms with Crippen LogP contribution in [0.1, 0.15) is 37.8 Å². The van der Waals surface area contributed by atoms with Gasteiger partial charge in [0.25, 0.3) is 0 Å². The lowest BCUT2D eigenvalue weighted by Gasteiger charge is -2.22. The fourth-order valence-electron chi connectivity index (χ4n) is 5.41. The Morgan fingerprint density at radius 1 is 1.29 bits per heavy atom. The normalized spacial score (nSPS) is 37.4. The van der Waals surface area contributed by atoms with Gasteiger partial charge in [-0.05, 0) is 73.1 Å². The maximum atomic E-state index is 6.34. The number of rotatable bonds is 5. The third-order valence-corrected chi connectivity index (χ3v) is 6.43. The van der Waals surface area contributed by atoms with Gasteiger partial charge < -0.3 is 10.1 Å². The molecule has 1 aromatic rings. The molecular formula is C18H24ClNO. The minimum Gasteiger partial charge on any atom is -0.495 e. The summed E-state index contributed by atoms with van der Waals surface area (Å²) in [6.45, 7) is 3.21. The monoisotopic (exact) mass is 305 g/mol. The first-order chi connectivity index (χ1) is 10.2. The Bertz CT molecular complexity index is 530. The summed E-state index contributed by atoms with van der Waals surface area (Å²) in [6, 6.07) is 6.77. The van der Waals surface area contributed by atoms with Crippen LogP contribution in [0.4, 0.5) is 0 Å². The third-order valence-electron chi connectivity index (χ3n) is 6.14. The molecule has 21 heavy (non-hydrogen) atoms. The third kappa shape index (κ3) is 2.10. The van der Waals surface area contributed by atoms with Crippen LogP contribution in [0.5, 0.6) is 5.75 Å². The molecule has 0 spiro atoms. The molecule has 0 aromatic heterocycles. The molecule has 3 aliphatic carbocycles. The van der Waals surface area contributed by atoms with E-state index in [2.05, 4.69) is 24.4 Å². The second-order valence-electron chi connectivity index (χ2n) is 6.99. The minimum absolute atomic E-state index is 0.469. The number of hydrogen-bond acceptors (Lipinski definition) is 2. The summed E-state index contributed by atoms with van der Waals surface area (Å²) in [4.78, 5) is 0. The maximum Gasteiger partial charge on any atom is 0.137 e. The molecule has 4 rings (SSSR count). The van der Waals surface area contributed by atoms with E-state index in [1.807, 2.05) is 6.07 Å². The number of fused-ring (bicyclic) bond motifs is 5. The van der Waals surface area contributed by atoms with E-state index >= 15 is 0 Å². The van der Waals surface area contributed by atoms with Crippen LogP contribution in [-0.2, 0) is 0 Å². The van der Waals surface area contributed by atoms with Crippen molar-refractivity contribution in [3.05, 3.63) is 28.8 Å². The Hall–Kier alpha value is -0.730. The first kappa shape index (κ1) is 13.9. The first-order valence-corrected chi connectivity index (χ1v) is 8.69. The summed E-state index contributed by atoms with van der Waals surface area (Å²) < 4.78 is 5.28. The average Bonchev–Trinajstić information content (AvgIpc) is 2.89. The van der Waals surface area contributed by atoms with E-state index in [9.17, 15) is 0 Å².